The molecule has 1 N–H and O–H groups in total. The van der Waals surface area contributed by atoms with E-state index in [0.717, 1.165) is 33.2 Å². The van der Waals surface area contributed by atoms with Gasteiger partial charge in [0.05, 0.1) is 19.1 Å². The molecule has 2 unspecified atom stereocenters. The minimum atomic E-state index is -1.31. The van der Waals surface area contributed by atoms with Gasteiger partial charge in [0.15, 0.2) is 9.04 Å². The van der Waals surface area contributed by atoms with Gasteiger partial charge in [-0.1, -0.05) is 75.4 Å². The number of benzene rings is 3. The van der Waals surface area contributed by atoms with E-state index in [4.69, 9.17) is 9.16 Å². The van der Waals surface area contributed by atoms with Crippen LogP contribution < -0.4 is 5.32 Å². The number of methoxy groups -OCH3 is 1. The number of fused-ring (bicyclic) bond motifs is 1. The number of anilines is 1. The Morgan fingerprint density at radius 2 is 1.70 bits per heavy atom. The van der Waals surface area contributed by atoms with Crippen LogP contribution in [0.15, 0.2) is 60.7 Å². The predicted molar refractivity (Wildman–Crippen MR) is 155 cm³/mol. The molecule has 0 radical (unpaired) electrons. The minimum absolute atomic E-state index is 0.0609. The highest BCUT2D eigenvalue weighted by atomic mass is 28.3. The summed E-state index contributed by atoms with van der Waals surface area (Å²) in [6, 6.07) is 20.5. The van der Waals surface area contributed by atoms with Crippen LogP contribution in [0.2, 0.25) is 13.1 Å². The molecule has 0 fully saturated rings. The number of carbonyl (C=O) groups is 2. The van der Waals surface area contributed by atoms with Gasteiger partial charge in [-0.15, -0.1) is 0 Å². The summed E-state index contributed by atoms with van der Waals surface area (Å²) < 4.78 is 11.3. The molecule has 0 bridgehead atoms. The highest BCUT2D eigenvalue weighted by Crippen LogP contribution is 2.38. The predicted octanol–water partition coefficient (Wildman–Crippen LogP) is 7.16. The molecule has 0 heterocycles. The van der Waals surface area contributed by atoms with Crippen molar-refractivity contribution in [2.45, 2.75) is 72.1 Å². The largest absolute Gasteiger partial charge is 0.469 e. The first-order chi connectivity index (χ1) is 17.5. The molecule has 37 heavy (non-hydrogen) atoms. The molecule has 1 amide bonds. The number of hydrogen-bond donors (Lipinski definition) is 1. The van der Waals surface area contributed by atoms with Crippen molar-refractivity contribution >= 4 is 37.4 Å². The number of ether oxygens (including phenoxy) is 1. The van der Waals surface area contributed by atoms with Gasteiger partial charge in [-0.25, -0.2) is 0 Å². The maximum Gasteiger partial charge on any atom is 0.305 e. The molecule has 0 saturated heterocycles. The van der Waals surface area contributed by atoms with Gasteiger partial charge in [-0.3, -0.25) is 9.59 Å². The van der Waals surface area contributed by atoms with Crippen molar-refractivity contribution in [3.05, 3.63) is 77.4 Å². The Morgan fingerprint density at radius 3 is 2.38 bits per heavy atom. The Morgan fingerprint density at radius 1 is 1.00 bits per heavy atom. The lowest BCUT2D eigenvalue weighted by atomic mass is 9.84. The second kappa shape index (κ2) is 12.5. The molecule has 0 aromatic heterocycles. The van der Waals surface area contributed by atoms with Crippen molar-refractivity contribution in [3.63, 3.8) is 0 Å². The number of rotatable bonds is 10. The van der Waals surface area contributed by atoms with E-state index in [1.165, 1.54) is 7.11 Å². The molecule has 0 spiro atoms. The summed E-state index contributed by atoms with van der Waals surface area (Å²) in [6.07, 6.45) is 1.57. The average Bonchev–Trinajstić information content (AvgIpc) is 2.86. The van der Waals surface area contributed by atoms with E-state index in [-0.39, 0.29) is 29.3 Å². The second-order valence-corrected chi connectivity index (χ2v) is 13.4. The molecule has 0 aliphatic carbocycles. The molecule has 5 nitrogen and oxygen atoms in total. The number of aryl methyl sites for hydroxylation is 1. The number of amides is 1. The summed E-state index contributed by atoms with van der Waals surface area (Å²) in [6.45, 7) is 12.8. The van der Waals surface area contributed by atoms with Crippen molar-refractivity contribution in [1.82, 2.24) is 0 Å². The third-order valence-corrected chi connectivity index (χ3v) is 7.44. The van der Waals surface area contributed by atoms with Crippen LogP contribution in [0.25, 0.3) is 10.8 Å². The molecule has 198 valence electrons. The highest BCUT2D eigenvalue weighted by Gasteiger charge is 2.29. The fourth-order valence-corrected chi connectivity index (χ4v) is 5.79. The normalized spacial score (nSPS) is 13.4. The highest BCUT2D eigenvalue weighted by molar-refractivity contribution is 6.48. The Labute approximate surface area is 223 Å². The summed E-state index contributed by atoms with van der Waals surface area (Å²) >= 11 is 0. The molecular formula is C31H41NO4Si. The van der Waals surface area contributed by atoms with Gasteiger partial charge in [0.25, 0.3) is 0 Å². The number of esters is 1. The zero-order valence-corrected chi connectivity index (χ0v) is 24.4. The van der Waals surface area contributed by atoms with E-state index in [1.807, 2.05) is 31.2 Å². The summed E-state index contributed by atoms with van der Waals surface area (Å²) in [7, 11) is 0.0965. The van der Waals surface area contributed by atoms with Gasteiger partial charge in [-0.2, -0.15) is 0 Å². The van der Waals surface area contributed by atoms with Crippen molar-refractivity contribution in [2.24, 2.45) is 5.41 Å². The molecule has 2 atom stereocenters. The average molecular weight is 520 g/mol. The van der Waals surface area contributed by atoms with E-state index in [1.54, 1.807) is 0 Å². The van der Waals surface area contributed by atoms with Crippen LogP contribution in [0.5, 0.6) is 0 Å². The molecule has 6 heteroatoms. The lowest BCUT2D eigenvalue weighted by Gasteiger charge is -2.33. The van der Waals surface area contributed by atoms with Gasteiger partial charge in [0.2, 0.25) is 5.91 Å². The zero-order valence-electron chi connectivity index (χ0n) is 23.3. The van der Waals surface area contributed by atoms with Crippen molar-refractivity contribution in [2.75, 3.05) is 12.4 Å². The lowest BCUT2D eigenvalue weighted by Crippen LogP contribution is -2.26. The number of carbonyl (C=O) groups excluding carboxylic acids is 2. The van der Waals surface area contributed by atoms with Crippen LogP contribution in [-0.2, 0) is 25.2 Å². The van der Waals surface area contributed by atoms with Gasteiger partial charge >= 0.3 is 5.97 Å². The fraction of sp³-hybridized carbons (Fsp3) is 0.419. The van der Waals surface area contributed by atoms with E-state index in [2.05, 4.69) is 75.6 Å². The van der Waals surface area contributed by atoms with Crippen molar-refractivity contribution in [1.29, 1.82) is 0 Å². The molecule has 0 saturated carbocycles. The van der Waals surface area contributed by atoms with Crippen LogP contribution in [0.3, 0.4) is 0 Å². The smallest absolute Gasteiger partial charge is 0.305 e. The van der Waals surface area contributed by atoms with E-state index < -0.39 is 9.04 Å². The van der Waals surface area contributed by atoms with Gasteiger partial charge < -0.3 is 14.5 Å². The number of nitrogens with one attached hydrogen (secondary N) is 1. The third-order valence-electron chi connectivity index (χ3n) is 6.63. The van der Waals surface area contributed by atoms with Crippen LogP contribution in [0.4, 0.5) is 5.69 Å². The summed E-state index contributed by atoms with van der Waals surface area (Å²) in [5.74, 6) is -0.625. The van der Waals surface area contributed by atoms with E-state index >= 15 is 0 Å². The molecule has 0 aliphatic rings. The molecule has 3 aromatic carbocycles. The zero-order chi connectivity index (χ0) is 27.2. The Kier molecular flexibility index (Phi) is 9.68. The first kappa shape index (κ1) is 28.6. The quantitative estimate of drug-likeness (QED) is 0.228. The van der Waals surface area contributed by atoms with Crippen molar-refractivity contribution in [3.8, 4) is 0 Å². The topological polar surface area (TPSA) is 64.6 Å². The van der Waals surface area contributed by atoms with Crippen LogP contribution >= 0.6 is 0 Å². The first-order valence-corrected chi connectivity index (χ1v) is 15.9. The van der Waals surface area contributed by atoms with Gasteiger partial charge in [0, 0.05) is 12.1 Å². The Hall–Kier alpha value is -2.96. The molecule has 0 aliphatic heterocycles. The number of hydrogen-bond acceptors (Lipinski definition) is 4. The Bertz CT molecular complexity index is 1230. The van der Waals surface area contributed by atoms with Crippen LogP contribution in [0, 0.1) is 5.41 Å². The van der Waals surface area contributed by atoms with E-state index in [0.29, 0.717) is 19.3 Å². The monoisotopic (exact) mass is 519 g/mol. The SMILES string of the molecule is COC(=O)CCCc1ccc(C(O[SiH](C)C)C(C)(C)C)cc1NC(=O)C(C)c1cccc2ccccc12. The van der Waals surface area contributed by atoms with E-state index in [9.17, 15) is 9.59 Å². The molecule has 3 rings (SSSR count). The van der Waals surface area contributed by atoms with Crippen LogP contribution in [-0.4, -0.2) is 28.0 Å². The third kappa shape index (κ3) is 7.52. The maximum atomic E-state index is 13.6. The fourth-order valence-electron chi connectivity index (χ4n) is 4.68. The lowest BCUT2D eigenvalue weighted by molar-refractivity contribution is -0.140. The van der Waals surface area contributed by atoms with Crippen molar-refractivity contribution < 1.29 is 18.8 Å². The maximum absolute atomic E-state index is 13.6. The summed E-state index contributed by atoms with van der Waals surface area (Å²) in [5, 5.41) is 5.43. The molecular weight excluding hydrogens is 478 g/mol. The van der Waals surface area contributed by atoms with Gasteiger partial charge in [-0.05, 0) is 71.8 Å². The second-order valence-electron chi connectivity index (χ2n) is 11.1. The minimum Gasteiger partial charge on any atom is -0.469 e. The van der Waals surface area contributed by atoms with Gasteiger partial charge in [0.1, 0.15) is 0 Å². The Balaban J connectivity index is 1.94. The summed E-state index contributed by atoms with van der Waals surface area (Å²) in [5.41, 5.74) is 3.74. The standard InChI is InChI=1S/C31H41NO4Si/c1-21(25-16-10-13-22-12-8-9-15-26(22)25)30(34)32-27-20-24(29(31(2,3)4)36-37(6)7)19-18-23(27)14-11-17-28(33)35-5/h8-10,12-13,15-16,18-21,29,37H,11,14,17H2,1-7H3,(H,32,34). The molecule has 3 aromatic rings. The van der Waals surface area contributed by atoms with Crippen LogP contribution in [0.1, 0.15) is 69.2 Å². The first-order valence-electron chi connectivity index (χ1n) is 13.1. The summed E-state index contributed by atoms with van der Waals surface area (Å²) in [4.78, 5) is 25.3.